The molecule has 2 aromatic rings. The van der Waals surface area contributed by atoms with E-state index < -0.39 is 5.97 Å². The average Bonchev–Trinajstić information content (AvgIpc) is 2.97. The summed E-state index contributed by atoms with van der Waals surface area (Å²) in [5.41, 5.74) is 0.851. The highest BCUT2D eigenvalue weighted by molar-refractivity contribution is 6.04. The van der Waals surface area contributed by atoms with Crippen LogP contribution < -0.4 is 10.1 Å². The van der Waals surface area contributed by atoms with E-state index in [0.29, 0.717) is 22.8 Å². The Kier molecular flexibility index (Phi) is 4.35. The molecule has 3 N–H and O–H groups in total. The van der Waals surface area contributed by atoms with E-state index in [4.69, 9.17) is 9.84 Å². The summed E-state index contributed by atoms with van der Waals surface area (Å²) < 4.78 is 5.12. The van der Waals surface area contributed by atoms with Crippen molar-refractivity contribution < 1.29 is 19.4 Å². The number of carboxylic acid groups (broad SMARTS) is 1. The van der Waals surface area contributed by atoms with Crippen molar-refractivity contribution in [3.05, 3.63) is 47.8 Å². The Hall–Kier alpha value is -3.09. The second kappa shape index (κ2) is 6.38. The minimum atomic E-state index is -1.08. The summed E-state index contributed by atoms with van der Waals surface area (Å²) in [5, 5.41) is 11.2. The molecule has 0 unspecified atom stereocenters. The lowest BCUT2D eigenvalue weighted by Gasteiger charge is -2.07. The van der Waals surface area contributed by atoms with Gasteiger partial charge in [0.15, 0.2) is 0 Å². The molecule has 0 radical (unpaired) electrons. The number of rotatable bonds is 5. The molecule has 7 heteroatoms. The van der Waals surface area contributed by atoms with E-state index in [-0.39, 0.29) is 5.91 Å². The number of anilines is 1. The molecule has 7 nitrogen and oxygen atoms in total. The smallest absolute Gasteiger partial charge is 0.328 e. The van der Waals surface area contributed by atoms with Gasteiger partial charge >= 0.3 is 5.97 Å². The number of methoxy groups -OCH3 is 1. The molecule has 0 bridgehead atoms. The summed E-state index contributed by atoms with van der Waals surface area (Å²) in [6.45, 7) is 0. The van der Waals surface area contributed by atoms with Crippen LogP contribution in [0.1, 0.15) is 15.9 Å². The van der Waals surface area contributed by atoms with Crippen LogP contribution in [0.15, 0.2) is 36.7 Å². The number of H-pyrrole nitrogens is 1. The number of aromatic nitrogens is 2. The van der Waals surface area contributed by atoms with Crippen LogP contribution in [-0.2, 0) is 4.79 Å². The van der Waals surface area contributed by atoms with Gasteiger partial charge in [0.25, 0.3) is 5.91 Å². The molecule has 0 fully saturated rings. The first-order chi connectivity index (χ1) is 10.1. The van der Waals surface area contributed by atoms with Crippen molar-refractivity contribution in [1.29, 1.82) is 0 Å². The van der Waals surface area contributed by atoms with E-state index in [9.17, 15) is 9.59 Å². The van der Waals surface area contributed by atoms with Crippen LogP contribution in [0.2, 0.25) is 0 Å². The molecule has 1 aromatic heterocycles. The number of nitrogens with one attached hydrogen (secondary N) is 2. The molecule has 0 aliphatic rings. The Balaban J connectivity index is 2.26. The quantitative estimate of drug-likeness (QED) is 0.727. The SMILES string of the molecule is COc1ccc(C(=O)Nc2ncc[nH]2)cc1C=CC(=O)O. The normalized spacial score (nSPS) is 10.5. The van der Waals surface area contributed by atoms with E-state index in [0.717, 1.165) is 6.08 Å². The first-order valence-electron chi connectivity index (χ1n) is 6.00. The van der Waals surface area contributed by atoms with E-state index in [1.165, 1.54) is 25.4 Å². The van der Waals surface area contributed by atoms with Crippen LogP contribution in [0.5, 0.6) is 5.75 Å². The van der Waals surface area contributed by atoms with Crippen molar-refractivity contribution in [3.63, 3.8) is 0 Å². The first kappa shape index (κ1) is 14.3. The van der Waals surface area contributed by atoms with E-state index in [2.05, 4.69) is 15.3 Å². The van der Waals surface area contributed by atoms with Crippen molar-refractivity contribution in [3.8, 4) is 5.75 Å². The predicted molar refractivity (Wildman–Crippen MR) is 76.2 cm³/mol. The maximum absolute atomic E-state index is 12.0. The number of carbonyl (C=O) groups is 2. The number of aromatic amines is 1. The molecule has 21 heavy (non-hydrogen) atoms. The van der Waals surface area contributed by atoms with E-state index in [1.54, 1.807) is 18.3 Å². The molecule has 0 aliphatic carbocycles. The second-order valence-corrected chi connectivity index (χ2v) is 4.02. The number of aliphatic carboxylic acids is 1. The third-order valence-corrected chi connectivity index (χ3v) is 2.63. The highest BCUT2D eigenvalue weighted by Gasteiger charge is 2.10. The number of hydrogen-bond donors (Lipinski definition) is 3. The third-order valence-electron chi connectivity index (χ3n) is 2.63. The molecule has 0 aliphatic heterocycles. The largest absolute Gasteiger partial charge is 0.496 e. The fourth-order valence-corrected chi connectivity index (χ4v) is 1.68. The maximum atomic E-state index is 12.0. The molecule has 0 saturated carbocycles. The van der Waals surface area contributed by atoms with Gasteiger partial charge in [-0.3, -0.25) is 10.1 Å². The molecule has 108 valence electrons. The number of carboxylic acids is 1. The fraction of sp³-hybridized carbons (Fsp3) is 0.0714. The molecule has 2 rings (SSSR count). The summed E-state index contributed by atoms with van der Waals surface area (Å²) in [4.78, 5) is 29.3. The second-order valence-electron chi connectivity index (χ2n) is 4.02. The molecule has 0 atom stereocenters. The first-order valence-corrected chi connectivity index (χ1v) is 6.00. The van der Waals surface area contributed by atoms with E-state index in [1.807, 2.05) is 0 Å². The lowest BCUT2D eigenvalue weighted by Crippen LogP contribution is -2.13. The zero-order valence-electron chi connectivity index (χ0n) is 11.2. The van der Waals surface area contributed by atoms with Crippen LogP contribution in [0, 0.1) is 0 Å². The molecule has 1 heterocycles. The van der Waals surface area contributed by atoms with Gasteiger partial charge in [0.1, 0.15) is 5.75 Å². The molecule has 1 amide bonds. The molecule has 1 aromatic carbocycles. The van der Waals surface area contributed by atoms with Gasteiger partial charge in [0, 0.05) is 29.6 Å². The van der Waals surface area contributed by atoms with Gasteiger partial charge in [-0.1, -0.05) is 0 Å². The van der Waals surface area contributed by atoms with Gasteiger partial charge in [0.2, 0.25) is 5.95 Å². The van der Waals surface area contributed by atoms with Crippen LogP contribution in [-0.4, -0.2) is 34.1 Å². The molecule has 0 saturated heterocycles. The Bertz CT molecular complexity index is 678. The van der Waals surface area contributed by atoms with Gasteiger partial charge in [-0.25, -0.2) is 9.78 Å². The number of nitrogens with zero attached hydrogens (tertiary/aromatic N) is 1. The number of ether oxygens (including phenoxy) is 1. The number of benzene rings is 1. The zero-order chi connectivity index (χ0) is 15.2. The summed E-state index contributed by atoms with van der Waals surface area (Å²) in [6, 6.07) is 4.71. The van der Waals surface area contributed by atoms with Gasteiger partial charge < -0.3 is 14.8 Å². The molecule has 0 spiro atoms. The average molecular weight is 287 g/mol. The van der Waals surface area contributed by atoms with Gasteiger partial charge in [-0.15, -0.1) is 0 Å². The summed E-state index contributed by atoms with van der Waals surface area (Å²) in [5.74, 6) is -0.638. The summed E-state index contributed by atoms with van der Waals surface area (Å²) >= 11 is 0. The fourth-order valence-electron chi connectivity index (χ4n) is 1.68. The van der Waals surface area contributed by atoms with Crippen molar-refractivity contribution in [2.75, 3.05) is 12.4 Å². The lowest BCUT2D eigenvalue weighted by atomic mass is 10.1. The number of carbonyl (C=O) groups excluding carboxylic acids is 1. The Labute approximate surface area is 120 Å². The van der Waals surface area contributed by atoms with Crippen molar-refractivity contribution in [2.24, 2.45) is 0 Å². The minimum Gasteiger partial charge on any atom is -0.496 e. The van der Waals surface area contributed by atoms with Crippen molar-refractivity contribution >= 4 is 23.9 Å². The Morgan fingerprint density at radius 3 is 2.86 bits per heavy atom. The van der Waals surface area contributed by atoms with Crippen LogP contribution in [0.4, 0.5) is 5.95 Å². The van der Waals surface area contributed by atoms with Gasteiger partial charge in [-0.2, -0.15) is 0 Å². The minimum absolute atomic E-state index is 0.332. The zero-order valence-corrected chi connectivity index (χ0v) is 11.2. The lowest BCUT2D eigenvalue weighted by molar-refractivity contribution is -0.131. The number of hydrogen-bond acceptors (Lipinski definition) is 4. The molecular formula is C14H13N3O4. The monoisotopic (exact) mass is 287 g/mol. The van der Waals surface area contributed by atoms with Crippen LogP contribution >= 0.6 is 0 Å². The van der Waals surface area contributed by atoms with E-state index >= 15 is 0 Å². The standard InChI is InChI=1S/C14H13N3O4/c1-21-11-4-2-10(8-9(11)3-5-12(18)19)13(20)17-14-15-6-7-16-14/h2-8H,1H3,(H,18,19)(H2,15,16,17,20). The summed E-state index contributed by atoms with van der Waals surface area (Å²) in [6.07, 6.45) is 5.45. The topological polar surface area (TPSA) is 104 Å². The van der Waals surface area contributed by atoms with Gasteiger partial charge in [0.05, 0.1) is 7.11 Å². The summed E-state index contributed by atoms with van der Waals surface area (Å²) in [7, 11) is 1.47. The number of amides is 1. The van der Waals surface area contributed by atoms with Crippen molar-refractivity contribution in [1.82, 2.24) is 9.97 Å². The maximum Gasteiger partial charge on any atom is 0.328 e. The Morgan fingerprint density at radius 1 is 1.43 bits per heavy atom. The molecular weight excluding hydrogens is 274 g/mol. The highest BCUT2D eigenvalue weighted by atomic mass is 16.5. The van der Waals surface area contributed by atoms with Crippen LogP contribution in [0.3, 0.4) is 0 Å². The highest BCUT2D eigenvalue weighted by Crippen LogP contribution is 2.21. The van der Waals surface area contributed by atoms with Crippen LogP contribution in [0.25, 0.3) is 6.08 Å². The third kappa shape index (κ3) is 3.69. The predicted octanol–water partition coefficient (Wildman–Crippen LogP) is 1.77. The Morgan fingerprint density at radius 2 is 2.24 bits per heavy atom. The van der Waals surface area contributed by atoms with Gasteiger partial charge in [-0.05, 0) is 24.3 Å². The number of imidazole rings is 1. The van der Waals surface area contributed by atoms with Crippen molar-refractivity contribution in [2.45, 2.75) is 0 Å².